The first-order valence-corrected chi connectivity index (χ1v) is 10.7. The van der Waals surface area contributed by atoms with Crippen molar-refractivity contribution in [1.82, 2.24) is 14.4 Å². The number of halogens is 1. The third kappa shape index (κ3) is 4.11. The van der Waals surface area contributed by atoms with Crippen molar-refractivity contribution < 1.29 is 17.7 Å². The summed E-state index contributed by atoms with van der Waals surface area (Å²) in [5, 5.41) is 3.94. The molecule has 0 aliphatic carbocycles. The van der Waals surface area contributed by atoms with E-state index in [4.69, 9.17) is 9.26 Å². The van der Waals surface area contributed by atoms with Crippen LogP contribution in [0.3, 0.4) is 0 Å². The monoisotopic (exact) mass is 465 g/mol. The van der Waals surface area contributed by atoms with Gasteiger partial charge in [0.05, 0.1) is 18.6 Å². The number of hydrogen-bond donors (Lipinski definition) is 0. The van der Waals surface area contributed by atoms with Gasteiger partial charge in [-0.1, -0.05) is 33.2 Å². The van der Waals surface area contributed by atoms with Crippen LogP contribution in [0.2, 0.25) is 0 Å². The second-order valence-electron chi connectivity index (χ2n) is 6.37. The van der Waals surface area contributed by atoms with Crippen molar-refractivity contribution in [3.05, 3.63) is 57.9 Å². The average Bonchev–Trinajstić information content (AvgIpc) is 3.11. The van der Waals surface area contributed by atoms with Crippen molar-refractivity contribution in [3.8, 4) is 17.1 Å². The van der Waals surface area contributed by atoms with Crippen molar-refractivity contribution in [2.24, 2.45) is 0 Å². The van der Waals surface area contributed by atoms with Crippen molar-refractivity contribution >= 4 is 26.0 Å². The molecule has 0 radical (unpaired) electrons. The summed E-state index contributed by atoms with van der Waals surface area (Å²) in [6, 6.07) is 10.8. The number of hydrogen-bond acceptors (Lipinski definition) is 6. The molecule has 7 nitrogen and oxygen atoms in total. The number of methoxy groups -OCH3 is 1. The van der Waals surface area contributed by atoms with Crippen LogP contribution in [-0.2, 0) is 16.6 Å². The largest absolute Gasteiger partial charge is 0.496 e. The van der Waals surface area contributed by atoms with Crippen LogP contribution in [0.5, 0.6) is 5.75 Å². The number of nitrogens with zero attached hydrogens (tertiary/aromatic N) is 3. The molecule has 1 aromatic heterocycles. The van der Waals surface area contributed by atoms with Crippen LogP contribution in [0.25, 0.3) is 11.4 Å². The Kier molecular flexibility index (Phi) is 5.87. The van der Waals surface area contributed by atoms with Gasteiger partial charge >= 0.3 is 0 Å². The van der Waals surface area contributed by atoms with Gasteiger partial charge in [0.15, 0.2) is 0 Å². The highest BCUT2D eigenvalue weighted by atomic mass is 79.9. The molecule has 0 saturated carbocycles. The van der Waals surface area contributed by atoms with Gasteiger partial charge in [-0.15, -0.1) is 0 Å². The molecule has 3 aromatic rings. The Morgan fingerprint density at radius 1 is 1.18 bits per heavy atom. The lowest BCUT2D eigenvalue weighted by molar-refractivity contribution is 0.336. The average molecular weight is 466 g/mol. The summed E-state index contributed by atoms with van der Waals surface area (Å²) in [6.45, 7) is 3.51. The molecule has 2 aromatic carbocycles. The molecule has 0 bridgehead atoms. The Bertz CT molecular complexity index is 1110. The fraction of sp³-hybridized carbons (Fsp3) is 0.263. The molecule has 0 spiro atoms. The van der Waals surface area contributed by atoms with Crippen LogP contribution < -0.4 is 4.74 Å². The zero-order chi connectivity index (χ0) is 20.5. The van der Waals surface area contributed by atoms with Crippen LogP contribution in [-0.4, -0.2) is 37.0 Å². The summed E-state index contributed by atoms with van der Waals surface area (Å²) >= 11 is 3.40. The van der Waals surface area contributed by atoms with E-state index < -0.39 is 10.0 Å². The number of rotatable bonds is 6. The van der Waals surface area contributed by atoms with E-state index >= 15 is 0 Å². The zero-order valence-electron chi connectivity index (χ0n) is 15.9. The molecule has 0 aliphatic heterocycles. The smallest absolute Gasteiger partial charge is 0.243 e. The molecule has 1 heterocycles. The highest BCUT2D eigenvalue weighted by Crippen LogP contribution is 2.28. The normalized spacial score (nSPS) is 11.8. The van der Waals surface area contributed by atoms with Crippen LogP contribution in [0, 0.1) is 13.8 Å². The number of benzene rings is 2. The fourth-order valence-electron chi connectivity index (χ4n) is 2.77. The lowest BCUT2D eigenvalue weighted by atomic mass is 10.1. The summed E-state index contributed by atoms with van der Waals surface area (Å²) in [4.78, 5) is 4.53. The van der Waals surface area contributed by atoms with E-state index in [1.807, 2.05) is 24.3 Å². The van der Waals surface area contributed by atoms with E-state index in [1.165, 1.54) is 11.4 Å². The van der Waals surface area contributed by atoms with Gasteiger partial charge in [0, 0.05) is 17.1 Å². The van der Waals surface area contributed by atoms with Crippen LogP contribution in [0.15, 0.2) is 50.3 Å². The van der Waals surface area contributed by atoms with Gasteiger partial charge in [0.1, 0.15) is 5.75 Å². The van der Waals surface area contributed by atoms with Crippen LogP contribution in [0.4, 0.5) is 0 Å². The summed E-state index contributed by atoms with van der Waals surface area (Å²) in [5.74, 6) is 1.26. The Morgan fingerprint density at radius 3 is 2.61 bits per heavy atom. The quantitative estimate of drug-likeness (QED) is 0.547. The van der Waals surface area contributed by atoms with Gasteiger partial charge < -0.3 is 9.26 Å². The Balaban J connectivity index is 1.85. The number of aromatic nitrogens is 2. The predicted molar refractivity (Wildman–Crippen MR) is 109 cm³/mol. The van der Waals surface area contributed by atoms with E-state index in [0.717, 1.165) is 15.6 Å². The Labute approximate surface area is 172 Å². The Morgan fingerprint density at radius 2 is 1.93 bits per heavy atom. The summed E-state index contributed by atoms with van der Waals surface area (Å²) in [6.07, 6.45) is 0. The van der Waals surface area contributed by atoms with E-state index in [1.54, 1.807) is 33.1 Å². The maximum atomic E-state index is 13.0. The first-order valence-electron chi connectivity index (χ1n) is 8.42. The maximum absolute atomic E-state index is 13.0. The zero-order valence-corrected chi connectivity index (χ0v) is 18.3. The predicted octanol–water partition coefficient (Wildman–Crippen LogP) is 3.95. The first-order chi connectivity index (χ1) is 13.2. The van der Waals surface area contributed by atoms with Gasteiger partial charge in [-0.2, -0.15) is 9.29 Å². The van der Waals surface area contributed by atoms with Gasteiger partial charge in [0.2, 0.25) is 21.7 Å². The van der Waals surface area contributed by atoms with E-state index in [2.05, 4.69) is 26.1 Å². The molecule has 0 amide bonds. The molecule has 0 unspecified atom stereocenters. The van der Waals surface area contributed by atoms with Gasteiger partial charge in [-0.3, -0.25) is 0 Å². The summed E-state index contributed by atoms with van der Waals surface area (Å²) in [5.41, 5.74) is 2.13. The first kappa shape index (κ1) is 20.5. The highest BCUT2D eigenvalue weighted by molar-refractivity contribution is 9.10. The van der Waals surface area contributed by atoms with Crippen molar-refractivity contribution in [3.63, 3.8) is 0 Å². The number of sulfonamides is 1. The lowest BCUT2D eigenvalue weighted by Gasteiger charge is -2.18. The van der Waals surface area contributed by atoms with E-state index in [0.29, 0.717) is 17.1 Å². The van der Waals surface area contributed by atoms with E-state index in [-0.39, 0.29) is 17.3 Å². The maximum Gasteiger partial charge on any atom is 0.243 e. The van der Waals surface area contributed by atoms with Crippen molar-refractivity contribution in [1.29, 1.82) is 0 Å². The minimum atomic E-state index is -3.73. The number of aryl methyl sites for hydroxylation is 2. The summed E-state index contributed by atoms with van der Waals surface area (Å²) in [7, 11) is -0.695. The highest BCUT2D eigenvalue weighted by Gasteiger charge is 2.26. The van der Waals surface area contributed by atoms with E-state index in [9.17, 15) is 8.42 Å². The van der Waals surface area contributed by atoms with Crippen molar-refractivity contribution in [2.45, 2.75) is 25.3 Å². The molecule has 0 aliphatic rings. The molecule has 0 atom stereocenters. The minimum absolute atomic E-state index is 0.0339. The molecule has 0 saturated heterocycles. The minimum Gasteiger partial charge on any atom is -0.496 e. The molecule has 148 valence electrons. The molecule has 9 heteroatoms. The van der Waals surface area contributed by atoms with Crippen molar-refractivity contribution in [2.75, 3.05) is 14.2 Å². The second kappa shape index (κ2) is 8.02. The molecule has 0 N–H and O–H groups in total. The molecular formula is C19H20BrN3O4S. The lowest BCUT2D eigenvalue weighted by Crippen LogP contribution is -2.27. The SMILES string of the molecule is COc1cc(C)c(S(=O)(=O)N(C)Cc2nc(-c3cccc(Br)c3)no2)cc1C. The van der Waals surface area contributed by atoms with Gasteiger partial charge in [-0.05, 0) is 49.2 Å². The third-order valence-corrected chi connectivity index (χ3v) is 6.73. The van der Waals surface area contributed by atoms with Gasteiger partial charge in [0.25, 0.3) is 0 Å². The standard InChI is InChI=1S/C19H20BrN3O4S/c1-12-9-17(13(2)8-16(12)26-4)28(24,25)23(3)11-18-21-19(22-27-18)14-6-5-7-15(20)10-14/h5-10H,11H2,1-4H3. The molecule has 0 fully saturated rings. The van der Waals surface area contributed by atoms with Crippen LogP contribution >= 0.6 is 15.9 Å². The molecule has 28 heavy (non-hydrogen) atoms. The fourth-order valence-corrected chi connectivity index (χ4v) is 4.58. The molecule has 3 rings (SSSR count). The van der Waals surface area contributed by atoms with Crippen LogP contribution in [0.1, 0.15) is 17.0 Å². The third-order valence-electron chi connectivity index (χ3n) is 4.29. The Hall–Kier alpha value is -2.23. The number of ether oxygens (including phenoxy) is 1. The topological polar surface area (TPSA) is 85.5 Å². The molecular weight excluding hydrogens is 446 g/mol. The second-order valence-corrected chi connectivity index (χ2v) is 9.30. The summed E-state index contributed by atoms with van der Waals surface area (Å²) < 4.78 is 38.6. The van der Waals surface area contributed by atoms with Gasteiger partial charge in [-0.25, -0.2) is 8.42 Å².